The lowest BCUT2D eigenvalue weighted by Gasteiger charge is -2.26. The molecule has 3 heteroatoms. The molecule has 1 aliphatic heterocycles. The number of aromatic nitrogens is 1. The van der Waals surface area contributed by atoms with Gasteiger partial charge in [0.2, 0.25) is 0 Å². The van der Waals surface area contributed by atoms with E-state index in [1.807, 2.05) is 0 Å². The molecule has 0 saturated carbocycles. The van der Waals surface area contributed by atoms with Crippen LogP contribution < -0.4 is 0 Å². The van der Waals surface area contributed by atoms with E-state index in [2.05, 4.69) is 41.1 Å². The van der Waals surface area contributed by atoms with Crippen molar-refractivity contribution < 1.29 is 4.74 Å². The molecule has 0 aliphatic carbocycles. The van der Waals surface area contributed by atoms with Crippen LogP contribution in [0.15, 0.2) is 24.3 Å². The number of ether oxygens (including phenoxy) is 1. The summed E-state index contributed by atoms with van der Waals surface area (Å²) in [6.07, 6.45) is 2.37. The highest BCUT2D eigenvalue weighted by Crippen LogP contribution is 2.20. The summed E-state index contributed by atoms with van der Waals surface area (Å²) in [6, 6.07) is 8.82. The van der Waals surface area contributed by atoms with Crippen LogP contribution in [0.25, 0.3) is 10.9 Å². The number of morpholine rings is 1. The van der Waals surface area contributed by atoms with Crippen LogP contribution in [0.1, 0.15) is 17.7 Å². The molecule has 3 rings (SSSR count). The lowest BCUT2D eigenvalue weighted by Crippen LogP contribution is -2.36. The predicted molar refractivity (Wildman–Crippen MR) is 78.6 cm³/mol. The number of aryl methyl sites for hydroxylation is 2. The monoisotopic (exact) mass is 258 g/mol. The highest BCUT2D eigenvalue weighted by molar-refractivity contribution is 5.83. The molecule has 0 spiro atoms. The number of benzene rings is 1. The van der Waals surface area contributed by atoms with E-state index in [-0.39, 0.29) is 0 Å². The number of fused-ring (bicyclic) bond motifs is 1. The molecule has 2 aromatic rings. The zero-order chi connectivity index (χ0) is 13.1. The minimum atomic E-state index is 0.894. The van der Waals surface area contributed by atoms with Crippen molar-refractivity contribution in [3.63, 3.8) is 0 Å². The van der Waals surface area contributed by atoms with Crippen molar-refractivity contribution in [1.82, 2.24) is 9.88 Å². The molecular weight excluding hydrogens is 236 g/mol. The van der Waals surface area contributed by atoms with Crippen LogP contribution in [0.2, 0.25) is 0 Å². The van der Waals surface area contributed by atoms with E-state index < -0.39 is 0 Å². The topological polar surface area (TPSA) is 28.3 Å². The van der Waals surface area contributed by atoms with Crippen molar-refractivity contribution in [2.45, 2.75) is 19.8 Å². The number of nitrogens with one attached hydrogen (secondary N) is 1. The second-order valence-corrected chi connectivity index (χ2v) is 5.39. The van der Waals surface area contributed by atoms with Gasteiger partial charge in [-0.15, -0.1) is 0 Å². The number of rotatable bonds is 4. The molecule has 0 atom stereocenters. The van der Waals surface area contributed by atoms with Crippen LogP contribution in [0.3, 0.4) is 0 Å². The number of hydrogen-bond donors (Lipinski definition) is 1. The molecule has 102 valence electrons. The Balaban J connectivity index is 1.61. The summed E-state index contributed by atoms with van der Waals surface area (Å²) < 4.78 is 5.38. The number of hydrogen-bond acceptors (Lipinski definition) is 2. The smallest absolute Gasteiger partial charge is 0.0594 e. The minimum Gasteiger partial charge on any atom is -0.379 e. The summed E-state index contributed by atoms with van der Waals surface area (Å²) in [5.41, 5.74) is 4.01. The third-order valence-electron chi connectivity index (χ3n) is 3.90. The molecule has 1 aliphatic rings. The van der Waals surface area contributed by atoms with E-state index in [9.17, 15) is 0 Å². The molecule has 1 aromatic carbocycles. The molecule has 1 N–H and O–H groups in total. The largest absolute Gasteiger partial charge is 0.379 e. The molecule has 1 saturated heterocycles. The maximum Gasteiger partial charge on any atom is 0.0594 e. The number of para-hydroxylation sites is 1. The van der Waals surface area contributed by atoms with Crippen molar-refractivity contribution in [2.75, 3.05) is 32.8 Å². The Morgan fingerprint density at radius 2 is 2.11 bits per heavy atom. The Labute approximate surface area is 114 Å². The van der Waals surface area contributed by atoms with Gasteiger partial charge in [0.05, 0.1) is 13.2 Å². The van der Waals surface area contributed by atoms with Crippen LogP contribution in [-0.2, 0) is 11.2 Å². The van der Waals surface area contributed by atoms with E-state index >= 15 is 0 Å². The Kier molecular flexibility index (Phi) is 3.85. The van der Waals surface area contributed by atoms with E-state index in [4.69, 9.17) is 4.74 Å². The van der Waals surface area contributed by atoms with Crippen molar-refractivity contribution in [3.8, 4) is 0 Å². The van der Waals surface area contributed by atoms with Gasteiger partial charge in [-0.3, -0.25) is 4.90 Å². The lowest BCUT2D eigenvalue weighted by atomic mass is 10.1. The Morgan fingerprint density at radius 3 is 2.95 bits per heavy atom. The van der Waals surface area contributed by atoms with Gasteiger partial charge >= 0.3 is 0 Å². The summed E-state index contributed by atoms with van der Waals surface area (Å²) in [5.74, 6) is 0. The van der Waals surface area contributed by atoms with Crippen LogP contribution in [0.5, 0.6) is 0 Å². The lowest BCUT2D eigenvalue weighted by molar-refractivity contribution is 0.0375. The van der Waals surface area contributed by atoms with E-state index in [0.29, 0.717) is 0 Å². The fraction of sp³-hybridized carbons (Fsp3) is 0.500. The third kappa shape index (κ3) is 2.99. The van der Waals surface area contributed by atoms with Gasteiger partial charge in [-0.1, -0.05) is 18.2 Å². The maximum absolute atomic E-state index is 5.38. The van der Waals surface area contributed by atoms with Crippen molar-refractivity contribution in [3.05, 3.63) is 35.5 Å². The van der Waals surface area contributed by atoms with E-state index in [1.165, 1.54) is 35.1 Å². The minimum absolute atomic E-state index is 0.894. The van der Waals surface area contributed by atoms with Gasteiger partial charge in [0.15, 0.2) is 0 Å². The number of nitrogens with zero attached hydrogens (tertiary/aromatic N) is 1. The van der Waals surface area contributed by atoms with Gasteiger partial charge in [-0.05, 0) is 43.3 Å². The Morgan fingerprint density at radius 1 is 1.26 bits per heavy atom. The van der Waals surface area contributed by atoms with Crippen molar-refractivity contribution in [2.24, 2.45) is 0 Å². The third-order valence-corrected chi connectivity index (χ3v) is 3.90. The summed E-state index contributed by atoms with van der Waals surface area (Å²) >= 11 is 0. The van der Waals surface area contributed by atoms with Crippen molar-refractivity contribution >= 4 is 10.9 Å². The zero-order valence-corrected chi connectivity index (χ0v) is 11.6. The molecule has 1 aromatic heterocycles. The van der Waals surface area contributed by atoms with Crippen LogP contribution in [0.4, 0.5) is 0 Å². The highest BCUT2D eigenvalue weighted by atomic mass is 16.5. The molecule has 2 heterocycles. The summed E-state index contributed by atoms with van der Waals surface area (Å²) in [5, 5.41) is 1.33. The summed E-state index contributed by atoms with van der Waals surface area (Å²) in [6.45, 7) is 7.27. The molecule has 1 fully saturated rings. The van der Waals surface area contributed by atoms with Gasteiger partial charge in [0.25, 0.3) is 0 Å². The second-order valence-electron chi connectivity index (χ2n) is 5.39. The molecule has 0 radical (unpaired) electrons. The quantitative estimate of drug-likeness (QED) is 0.913. The molecule has 0 amide bonds. The first-order valence-electron chi connectivity index (χ1n) is 7.20. The zero-order valence-electron chi connectivity index (χ0n) is 11.6. The second kappa shape index (κ2) is 5.76. The Hall–Kier alpha value is -1.32. The molecule has 3 nitrogen and oxygen atoms in total. The van der Waals surface area contributed by atoms with Crippen LogP contribution in [-0.4, -0.2) is 42.7 Å². The molecule has 19 heavy (non-hydrogen) atoms. The van der Waals surface area contributed by atoms with Gasteiger partial charge in [0, 0.05) is 24.3 Å². The van der Waals surface area contributed by atoms with Gasteiger partial charge in [-0.25, -0.2) is 0 Å². The fourth-order valence-corrected chi connectivity index (χ4v) is 2.89. The fourth-order valence-electron chi connectivity index (χ4n) is 2.89. The first-order chi connectivity index (χ1) is 9.33. The first kappa shape index (κ1) is 12.7. The van der Waals surface area contributed by atoms with Crippen LogP contribution in [0, 0.1) is 6.92 Å². The normalized spacial score (nSPS) is 17.1. The average molecular weight is 258 g/mol. The summed E-state index contributed by atoms with van der Waals surface area (Å²) in [4.78, 5) is 5.99. The Bertz CT molecular complexity index is 541. The van der Waals surface area contributed by atoms with Gasteiger partial charge in [-0.2, -0.15) is 0 Å². The predicted octanol–water partition coefficient (Wildman–Crippen LogP) is 2.74. The first-order valence-corrected chi connectivity index (χ1v) is 7.20. The van der Waals surface area contributed by atoms with Crippen molar-refractivity contribution in [1.29, 1.82) is 0 Å². The molecular formula is C16H22N2O. The SMILES string of the molecule is Cc1cc2cccc(CCCN3CCOCC3)c2[nH]1. The average Bonchev–Trinajstić information content (AvgIpc) is 2.81. The van der Waals surface area contributed by atoms with Gasteiger partial charge in [0.1, 0.15) is 0 Å². The number of H-pyrrole nitrogens is 1. The standard InChI is InChI=1S/C16H22N2O/c1-13-12-15-5-2-4-14(16(15)17-13)6-3-7-18-8-10-19-11-9-18/h2,4-5,12,17H,3,6-11H2,1H3. The molecule has 0 bridgehead atoms. The van der Waals surface area contributed by atoms with Gasteiger partial charge < -0.3 is 9.72 Å². The summed E-state index contributed by atoms with van der Waals surface area (Å²) in [7, 11) is 0. The van der Waals surface area contributed by atoms with E-state index in [0.717, 1.165) is 32.7 Å². The van der Waals surface area contributed by atoms with E-state index in [1.54, 1.807) is 0 Å². The molecule has 0 unspecified atom stereocenters. The highest BCUT2D eigenvalue weighted by Gasteiger charge is 2.10. The number of aromatic amines is 1. The maximum atomic E-state index is 5.38. The van der Waals surface area contributed by atoms with Crippen LogP contribution >= 0.6 is 0 Å².